The SMILES string of the molecule is O=C(O)CC1CN(C(=O)CCn2ncc(=O)c3ccccc32)CCO1. The summed E-state index contributed by atoms with van der Waals surface area (Å²) in [6, 6.07) is 7.14. The Morgan fingerprint density at radius 3 is 2.92 bits per heavy atom. The molecule has 0 bridgehead atoms. The van der Waals surface area contributed by atoms with Crippen LogP contribution in [0.15, 0.2) is 35.3 Å². The fourth-order valence-corrected chi connectivity index (χ4v) is 2.96. The fraction of sp³-hybridized carbons (Fsp3) is 0.412. The highest BCUT2D eigenvalue weighted by Crippen LogP contribution is 2.12. The lowest BCUT2D eigenvalue weighted by Crippen LogP contribution is -2.46. The number of rotatable bonds is 5. The van der Waals surface area contributed by atoms with E-state index in [-0.39, 0.29) is 30.7 Å². The normalized spacial score (nSPS) is 17.6. The third-order valence-electron chi connectivity index (χ3n) is 4.19. The maximum absolute atomic E-state index is 12.4. The average Bonchev–Trinajstić information content (AvgIpc) is 2.61. The summed E-state index contributed by atoms with van der Waals surface area (Å²) < 4.78 is 7.02. The first-order chi connectivity index (χ1) is 12.0. The number of ether oxygens (including phenoxy) is 1. The number of hydrogen-bond acceptors (Lipinski definition) is 5. The number of hydrogen-bond donors (Lipinski definition) is 1. The second kappa shape index (κ2) is 7.43. The van der Waals surface area contributed by atoms with Crippen molar-refractivity contribution in [1.29, 1.82) is 0 Å². The van der Waals surface area contributed by atoms with Crippen molar-refractivity contribution in [2.24, 2.45) is 0 Å². The third kappa shape index (κ3) is 4.03. The highest BCUT2D eigenvalue weighted by molar-refractivity contribution is 5.79. The van der Waals surface area contributed by atoms with Crippen LogP contribution < -0.4 is 5.43 Å². The van der Waals surface area contributed by atoms with Crippen molar-refractivity contribution in [3.63, 3.8) is 0 Å². The second-order valence-corrected chi connectivity index (χ2v) is 5.93. The van der Waals surface area contributed by atoms with Crippen molar-refractivity contribution >= 4 is 22.8 Å². The number of benzene rings is 1. The van der Waals surface area contributed by atoms with Crippen molar-refractivity contribution in [2.45, 2.75) is 25.5 Å². The van der Waals surface area contributed by atoms with Gasteiger partial charge in [0.2, 0.25) is 11.3 Å². The number of fused-ring (bicyclic) bond motifs is 1. The third-order valence-corrected chi connectivity index (χ3v) is 4.19. The van der Waals surface area contributed by atoms with Gasteiger partial charge in [-0.2, -0.15) is 5.10 Å². The Balaban J connectivity index is 1.66. The molecule has 132 valence electrons. The van der Waals surface area contributed by atoms with E-state index < -0.39 is 12.1 Å². The maximum Gasteiger partial charge on any atom is 0.306 e. The first-order valence-electron chi connectivity index (χ1n) is 8.10. The van der Waals surface area contributed by atoms with Gasteiger partial charge in [-0.25, -0.2) is 0 Å². The smallest absolute Gasteiger partial charge is 0.306 e. The van der Waals surface area contributed by atoms with Crippen LogP contribution in [0.3, 0.4) is 0 Å². The molecule has 1 amide bonds. The summed E-state index contributed by atoms with van der Waals surface area (Å²) in [6.07, 6.45) is 0.890. The molecule has 1 atom stereocenters. The number of carboxylic acids is 1. The van der Waals surface area contributed by atoms with E-state index in [2.05, 4.69) is 5.10 Å². The van der Waals surface area contributed by atoms with E-state index >= 15 is 0 Å². The molecule has 0 aliphatic carbocycles. The van der Waals surface area contributed by atoms with Crippen molar-refractivity contribution in [2.75, 3.05) is 19.7 Å². The Bertz CT molecular complexity index is 848. The van der Waals surface area contributed by atoms with Gasteiger partial charge < -0.3 is 14.7 Å². The minimum atomic E-state index is -0.941. The summed E-state index contributed by atoms with van der Waals surface area (Å²) in [4.78, 5) is 36.7. The van der Waals surface area contributed by atoms with Gasteiger partial charge >= 0.3 is 5.97 Å². The molecule has 0 saturated carbocycles. The number of para-hydroxylation sites is 1. The summed E-state index contributed by atoms with van der Waals surface area (Å²) >= 11 is 0. The quantitative estimate of drug-likeness (QED) is 0.846. The molecule has 8 heteroatoms. The molecule has 1 aromatic heterocycles. The molecule has 0 spiro atoms. The molecule has 1 saturated heterocycles. The van der Waals surface area contributed by atoms with Crippen LogP contribution >= 0.6 is 0 Å². The molecular formula is C17H19N3O5. The van der Waals surface area contributed by atoms with Gasteiger partial charge in [-0.05, 0) is 12.1 Å². The first-order valence-corrected chi connectivity index (χ1v) is 8.10. The highest BCUT2D eigenvalue weighted by atomic mass is 16.5. The van der Waals surface area contributed by atoms with Crippen molar-refractivity contribution in [3.05, 3.63) is 40.7 Å². The monoisotopic (exact) mass is 345 g/mol. The minimum absolute atomic E-state index is 0.0803. The number of aryl methyl sites for hydroxylation is 1. The van der Waals surface area contributed by atoms with Gasteiger partial charge in [-0.1, -0.05) is 12.1 Å². The molecule has 1 aliphatic rings. The molecule has 1 fully saturated rings. The molecule has 1 N–H and O–H groups in total. The van der Waals surface area contributed by atoms with Crippen LogP contribution in [-0.4, -0.2) is 57.5 Å². The molecule has 25 heavy (non-hydrogen) atoms. The maximum atomic E-state index is 12.4. The van der Waals surface area contributed by atoms with Crippen molar-refractivity contribution < 1.29 is 19.4 Å². The molecular weight excluding hydrogens is 326 g/mol. The Morgan fingerprint density at radius 2 is 2.12 bits per heavy atom. The van der Waals surface area contributed by atoms with E-state index in [0.29, 0.717) is 30.6 Å². The number of carbonyl (C=O) groups is 2. The molecule has 1 aliphatic heterocycles. The van der Waals surface area contributed by atoms with Gasteiger partial charge in [0, 0.05) is 24.9 Å². The summed E-state index contributed by atoms with van der Waals surface area (Å²) in [5, 5.41) is 13.5. The van der Waals surface area contributed by atoms with Gasteiger partial charge in [-0.15, -0.1) is 0 Å². The standard InChI is InChI=1S/C17H19N3O5/c21-15-10-18-20(14-4-2-1-3-13(14)15)6-5-16(22)19-7-8-25-12(11-19)9-17(23)24/h1-4,10,12H,5-9,11H2,(H,23,24). The van der Waals surface area contributed by atoms with E-state index in [4.69, 9.17) is 9.84 Å². The van der Waals surface area contributed by atoms with Crippen molar-refractivity contribution in [1.82, 2.24) is 14.7 Å². The number of nitrogens with zero attached hydrogens (tertiary/aromatic N) is 3. The molecule has 1 unspecified atom stereocenters. The van der Waals surface area contributed by atoms with Gasteiger partial charge in [0.1, 0.15) is 0 Å². The average molecular weight is 345 g/mol. The lowest BCUT2D eigenvalue weighted by Gasteiger charge is -2.32. The summed E-state index contributed by atoms with van der Waals surface area (Å²) in [5.74, 6) is -1.02. The van der Waals surface area contributed by atoms with E-state index in [1.165, 1.54) is 6.20 Å². The summed E-state index contributed by atoms with van der Waals surface area (Å²) in [6.45, 7) is 1.42. The topological polar surface area (TPSA) is 102 Å². The number of aliphatic carboxylic acids is 1. The van der Waals surface area contributed by atoms with E-state index in [1.54, 1.807) is 27.8 Å². The number of carboxylic acid groups (broad SMARTS) is 1. The Hall–Kier alpha value is -2.74. The molecule has 0 radical (unpaired) electrons. The number of amides is 1. The van der Waals surface area contributed by atoms with E-state index in [1.807, 2.05) is 6.07 Å². The molecule has 2 aromatic rings. The zero-order valence-electron chi connectivity index (χ0n) is 13.6. The molecule has 1 aromatic carbocycles. The summed E-state index contributed by atoms with van der Waals surface area (Å²) in [5.41, 5.74) is 0.538. The Kier molecular flexibility index (Phi) is 5.08. The summed E-state index contributed by atoms with van der Waals surface area (Å²) in [7, 11) is 0. The van der Waals surface area contributed by atoms with E-state index in [9.17, 15) is 14.4 Å². The molecule has 8 nitrogen and oxygen atoms in total. The van der Waals surface area contributed by atoms with Crippen LogP contribution in [0.2, 0.25) is 0 Å². The molecule has 2 heterocycles. The Morgan fingerprint density at radius 1 is 1.32 bits per heavy atom. The van der Waals surface area contributed by atoms with Gasteiger partial charge in [0.05, 0.1) is 37.4 Å². The minimum Gasteiger partial charge on any atom is -0.481 e. The van der Waals surface area contributed by atoms with E-state index in [0.717, 1.165) is 0 Å². The predicted octanol–water partition coefficient (Wildman–Crippen LogP) is 0.489. The number of carbonyl (C=O) groups excluding carboxylic acids is 1. The van der Waals surface area contributed by atoms with Crippen LogP contribution in [0.25, 0.3) is 10.9 Å². The zero-order valence-corrected chi connectivity index (χ0v) is 13.6. The van der Waals surface area contributed by atoms with Gasteiger partial charge in [0.25, 0.3) is 0 Å². The molecule has 3 rings (SSSR count). The first kappa shape index (κ1) is 17.1. The highest BCUT2D eigenvalue weighted by Gasteiger charge is 2.25. The van der Waals surface area contributed by atoms with Crippen molar-refractivity contribution in [3.8, 4) is 0 Å². The van der Waals surface area contributed by atoms with Crippen LogP contribution in [0.1, 0.15) is 12.8 Å². The number of aromatic nitrogens is 2. The van der Waals surface area contributed by atoms with Crippen LogP contribution in [0.5, 0.6) is 0 Å². The lowest BCUT2D eigenvalue weighted by molar-refractivity contribution is -0.147. The van der Waals surface area contributed by atoms with Gasteiger partial charge in [0.15, 0.2) is 0 Å². The predicted molar refractivity (Wildman–Crippen MR) is 89.2 cm³/mol. The van der Waals surface area contributed by atoms with Crippen LogP contribution in [0, 0.1) is 0 Å². The second-order valence-electron chi connectivity index (χ2n) is 5.93. The van der Waals surface area contributed by atoms with Gasteiger partial charge in [-0.3, -0.25) is 19.1 Å². The van der Waals surface area contributed by atoms with Crippen LogP contribution in [0.4, 0.5) is 0 Å². The fourth-order valence-electron chi connectivity index (χ4n) is 2.96. The zero-order chi connectivity index (χ0) is 17.8. The Labute approximate surface area is 143 Å². The largest absolute Gasteiger partial charge is 0.481 e. The van der Waals surface area contributed by atoms with Crippen LogP contribution in [-0.2, 0) is 20.9 Å². The lowest BCUT2D eigenvalue weighted by atomic mass is 10.2. The number of morpholine rings is 1.